The largest absolute Gasteiger partial charge is 0.497 e. The third kappa shape index (κ3) is 4.78. The molecule has 4 rings (SSSR count). The minimum Gasteiger partial charge on any atom is -0.497 e. The van der Waals surface area contributed by atoms with Crippen LogP contribution in [0.2, 0.25) is 0 Å². The number of piperidine rings is 1. The van der Waals surface area contributed by atoms with E-state index >= 15 is 0 Å². The lowest BCUT2D eigenvalue weighted by Crippen LogP contribution is -2.44. The molecule has 0 radical (unpaired) electrons. The van der Waals surface area contributed by atoms with Gasteiger partial charge in [-0.05, 0) is 48.3 Å². The smallest absolute Gasteiger partial charge is 0.214 e. The molecule has 2 aromatic carbocycles. The number of anilines is 1. The van der Waals surface area contributed by atoms with Crippen LogP contribution in [0.3, 0.4) is 0 Å². The zero-order chi connectivity index (χ0) is 21.8. The number of thioether (sulfide) groups is 1. The van der Waals surface area contributed by atoms with E-state index in [9.17, 15) is 8.42 Å². The molecule has 1 saturated heterocycles. The van der Waals surface area contributed by atoms with Crippen molar-refractivity contribution in [2.75, 3.05) is 30.9 Å². The van der Waals surface area contributed by atoms with Crippen molar-refractivity contribution in [3.05, 3.63) is 60.1 Å². The van der Waals surface area contributed by atoms with Crippen LogP contribution in [0.15, 0.2) is 60.1 Å². The van der Waals surface area contributed by atoms with Gasteiger partial charge in [-0.2, -0.15) is 0 Å². The van der Waals surface area contributed by atoms with Crippen LogP contribution < -0.4 is 9.64 Å². The second-order valence-corrected chi connectivity index (χ2v) is 11.1. The molecule has 1 atom stereocenters. The molecule has 0 amide bonds. The molecule has 2 aliphatic heterocycles. The molecule has 31 heavy (non-hydrogen) atoms. The molecule has 0 N–H and O–H groups in total. The topological polar surface area (TPSA) is 49.9 Å². The van der Waals surface area contributed by atoms with Crippen LogP contribution >= 0.6 is 11.8 Å². The lowest BCUT2D eigenvalue weighted by atomic mass is 9.96. The van der Waals surface area contributed by atoms with Gasteiger partial charge in [0, 0.05) is 30.9 Å². The predicted molar refractivity (Wildman–Crippen MR) is 130 cm³/mol. The number of sulfonamides is 1. The summed E-state index contributed by atoms with van der Waals surface area (Å²) in [5.74, 6) is 1.50. The van der Waals surface area contributed by atoms with Crippen molar-refractivity contribution < 1.29 is 13.2 Å². The maximum atomic E-state index is 12.5. The quantitative estimate of drug-likeness (QED) is 0.573. The van der Waals surface area contributed by atoms with Crippen LogP contribution in [-0.4, -0.2) is 44.0 Å². The highest BCUT2D eigenvalue weighted by Gasteiger charge is 2.36. The van der Waals surface area contributed by atoms with Gasteiger partial charge in [-0.25, -0.2) is 12.7 Å². The van der Waals surface area contributed by atoms with Gasteiger partial charge in [0.1, 0.15) is 5.75 Å². The summed E-state index contributed by atoms with van der Waals surface area (Å²) >= 11 is 1.82. The second kappa shape index (κ2) is 9.67. The predicted octanol–water partition coefficient (Wildman–Crippen LogP) is 5.16. The summed E-state index contributed by atoms with van der Waals surface area (Å²) in [4.78, 5) is 2.34. The van der Waals surface area contributed by atoms with E-state index in [-0.39, 0.29) is 11.1 Å². The molecular formula is C24H30N2O3S2. The summed E-state index contributed by atoms with van der Waals surface area (Å²) in [5, 5.41) is 2.41. The van der Waals surface area contributed by atoms with Crippen LogP contribution in [0.4, 0.5) is 5.69 Å². The molecule has 5 nitrogen and oxygen atoms in total. The van der Waals surface area contributed by atoms with Gasteiger partial charge < -0.3 is 9.64 Å². The van der Waals surface area contributed by atoms with Crippen molar-refractivity contribution >= 4 is 27.5 Å². The zero-order valence-corrected chi connectivity index (χ0v) is 19.7. The van der Waals surface area contributed by atoms with E-state index in [1.54, 1.807) is 11.4 Å². The Bertz CT molecular complexity index is 1020. The van der Waals surface area contributed by atoms with Gasteiger partial charge in [0.15, 0.2) is 0 Å². The molecule has 0 aliphatic carbocycles. The first-order valence-corrected chi connectivity index (χ1v) is 13.4. The van der Waals surface area contributed by atoms with Crippen LogP contribution in [0, 0.1) is 5.92 Å². The molecule has 0 spiro atoms. The molecule has 0 saturated carbocycles. The van der Waals surface area contributed by atoms with Crippen molar-refractivity contribution in [1.82, 2.24) is 4.31 Å². The molecule has 2 aromatic rings. The summed E-state index contributed by atoms with van der Waals surface area (Å²) in [6.45, 7) is 3.14. The van der Waals surface area contributed by atoms with Crippen molar-refractivity contribution in [2.45, 2.75) is 31.6 Å². The van der Waals surface area contributed by atoms with Gasteiger partial charge in [-0.1, -0.05) is 37.3 Å². The van der Waals surface area contributed by atoms with E-state index in [4.69, 9.17) is 4.74 Å². The number of rotatable bonds is 7. The lowest BCUT2D eigenvalue weighted by Gasteiger charge is -2.38. The minimum absolute atomic E-state index is 0.244. The SMILES string of the molecule is CCCS(=O)(=O)N1CCC(C2SC=CN2c2cc(OC)ccc2-c2ccccc2)CC1. The highest BCUT2D eigenvalue weighted by Crippen LogP contribution is 2.43. The van der Waals surface area contributed by atoms with Gasteiger partial charge in [0.2, 0.25) is 10.0 Å². The standard InChI is InChI=1S/C24H30N2O3S2/c1-3-17-31(27,28)25-13-11-20(12-14-25)24-26(15-16-30-24)23-18-21(29-2)9-10-22(23)19-7-5-4-6-8-19/h4-10,15-16,18,20,24H,3,11-14,17H2,1-2H3. The van der Waals surface area contributed by atoms with Crippen molar-refractivity contribution in [3.8, 4) is 16.9 Å². The minimum atomic E-state index is -3.12. The normalized spacial score (nSPS) is 20.3. The van der Waals surface area contributed by atoms with E-state index in [0.29, 0.717) is 25.4 Å². The zero-order valence-electron chi connectivity index (χ0n) is 18.1. The molecule has 0 aromatic heterocycles. The van der Waals surface area contributed by atoms with E-state index in [1.165, 1.54) is 11.1 Å². The first-order valence-electron chi connectivity index (χ1n) is 10.8. The Morgan fingerprint density at radius 1 is 1.10 bits per heavy atom. The molecule has 2 heterocycles. The maximum Gasteiger partial charge on any atom is 0.214 e. The number of hydrogen-bond acceptors (Lipinski definition) is 5. The average Bonchev–Trinajstić information content (AvgIpc) is 3.29. The highest BCUT2D eigenvalue weighted by molar-refractivity contribution is 8.03. The van der Waals surface area contributed by atoms with Gasteiger partial charge in [-0.3, -0.25) is 0 Å². The van der Waals surface area contributed by atoms with E-state index in [1.807, 2.05) is 30.8 Å². The van der Waals surface area contributed by atoms with Gasteiger partial charge in [-0.15, -0.1) is 11.8 Å². The summed E-state index contributed by atoms with van der Waals surface area (Å²) in [6.07, 6.45) is 4.57. The van der Waals surface area contributed by atoms with E-state index < -0.39 is 10.0 Å². The van der Waals surface area contributed by atoms with Crippen LogP contribution in [-0.2, 0) is 10.0 Å². The Morgan fingerprint density at radius 2 is 1.84 bits per heavy atom. The summed E-state index contributed by atoms with van der Waals surface area (Å²) < 4.78 is 32.1. The van der Waals surface area contributed by atoms with Crippen LogP contribution in [0.25, 0.3) is 11.1 Å². The number of methoxy groups -OCH3 is 1. The molecular weight excluding hydrogens is 428 g/mol. The number of nitrogens with zero attached hydrogens (tertiary/aromatic N) is 2. The summed E-state index contributed by atoms with van der Waals surface area (Å²) in [6, 6.07) is 16.6. The fourth-order valence-corrected chi connectivity index (χ4v) is 7.14. The van der Waals surface area contributed by atoms with Crippen LogP contribution in [0.5, 0.6) is 5.75 Å². The van der Waals surface area contributed by atoms with Crippen LogP contribution in [0.1, 0.15) is 26.2 Å². The summed E-state index contributed by atoms with van der Waals surface area (Å²) in [5.41, 5.74) is 3.46. The van der Waals surface area contributed by atoms with E-state index in [0.717, 1.165) is 24.3 Å². The molecule has 7 heteroatoms. The third-order valence-corrected chi connectivity index (χ3v) is 9.28. The third-order valence-electron chi connectivity index (χ3n) is 6.04. The van der Waals surface area contributed by atoms with Crippen molar-refractivity contribution in [1.29, 1.82) is 0 Å². The molecule has 1 fully saturated rings. The first kappa shape index (κ1) is 22.2. The lowest BCUT2D eigenvalue weighted by molar-refractivity contribution is 0.270. The highest BCUT2D eigenvalue weighted by atomic mass is 32.2. The number of benzene rings is 2. The Kier molecular flexibility index (Phi) is 6.94. The molecule has 166 valence electrons. The average molecular weight is 459 g/mol. The van der Waals surface area contributed by atoms with Gasteiger partial charge in [0.25, 0.3) is 0 Å². The number of ether oxygens (including phenoxy) is 1. The summed E-state index contributed by atoms with van der Waals surface area (Å²) in [7, 11) is -1.42. The van der Waals surface area contributed by atoms with Gasteiger partial charge in [0.05, 0.1) is 23.9 Å². The van der Waals surface area contributed by atoms with E-state index in [2.05, 4.69) is 52.9 Å². The van der Waals surface area contributed by atoms with Gasteiger partial charge >= 0.3 is 0 Å². The Morgan fingerprint density at radius 3 is 2.52 bits per heavy atom. The fraction of sp³-hybridized carbons (Fsp3) is 0.417. The fourth-order valence-electron chi connectivity index (χ4n) is 4.43. The first-order chi connectivity index (χ1) is 15.0. The van der Waals surface area contributed by atoms with Crippen molar-refractivity contribution in [2.24, 2.45) is 5.92 Å². The van der Waals surface area contributed by atoms with Crippen molar-refractivity contribution in [3.63, 3.8) is 0 Å². The molecule has 0 bridgehead atoms. The maximum absolute atomic E-state index is 12.5. The second-order valence-electron chi connectivity index (χ2n) is 8.02. The number of hydrogen-bond donors (Lipinski definition) is 0. The molecule has 1 unspecified atom stereocenters. The molecule has 2 aliphatic rings. The monoisotopic (exact) mass is 458 g/mol. The Hall–Kier alpha value is -1.96. The Labute approximate surface area is 190 Å². The Balaban J connectivity index is 1.58.